The van der Waals surface area contributed by atoms with E-state index >= 15 is 0 Å². The summed E-state index contributed by atoms with van der Waals surface area (Å²) in [4.78, 5) is 0. The molecule has 1 fully saturated rings. The van der Waals surface area contributed by atoms with Gasteiger partial charge in [-0.05, 0) is 37.6 Å². The summed E-state index contributed by atoms with van der Waals surface area (Å²) in [5, 5.41) is 3.27. The molecule has 100 valence electrons. The summed E-state index contributed by atoms with van der Waals surface area (Å²) < 4.78 is 24.2. The van der Waals surface area contributed by atoms with Crippen molar-refractivity contribution < 1.29 is 13.9 Å². The number of methoxy groups -OCH3 is 1. The minimum Gasteiger partial charge on any atom is -0.494 e. The highest BCUT2D eigenvalue weighted by molar-refractivity contribution is 5.31. The molecule has 1 aromatic rings. The van der Waals surface area contributed by atoms with Gasteiger partial charge in [0.15, 0.2) is 11.6 Å². The zero-order chi connectivity index (χ0) is 13.0. The van der Waals surface area contributed by atoms with Gasteiger partial charge in [0.25, 0.3) is 0 Å². The van der Waals surface area contributed by atoms with Crippen molar-refractivity contribution in [2.45, 2.75) is 18.9 Å². The molecule has 4 heteroatoms. The third kappa shape index (κ3) is 2.82. The molecule has 2 rings (SSSR count). The van der Waals surface area contributed by atoms with Gasteiger partial charge >= 0.3 is 0 Å². The molecule has 0 radical (unpaired) electrons. The van der Waals surface area contributed by atoms with E-state index in [0.29, 0.717) is 5.92 Å². The highest BCUT2D eigenvalue weighted by Gasteiger charge is 2.25. The van der Waals surface area contributed by atoms with Gasteiger partial charge < -0.3 is 14.8 Å². The van der Waals surface area contributed by atoms with E-state index in [4.69, 9.17) is 9.47 Å². The number of hydrogen-bond acceptors (Lipinski definition) is 3. The average Bonchev–Trinajstić information content (AvgIpc) is 2.41. The normalized spacial score (nSPS) is 21.6. The molecule has 1 saturated heterocycles. The van der Waals surface area contributed by atoms with Crippen molar-refractivity contribution in [1.29, 1.82) is 0 Å². The predicted octanol–water partition coefficient (Wildman–Crippen LogP) is 2.52. The van der Waals surface area contributed by atoms with Gasteiger partial charge in [-0.2, -0.15) is 0 Å². The van der Waals surface area contributed by atoms with Crippen LogP contribution in [0, 0.1) is 11.7 Å². The van der Waals surface area contributed by atoms with Gasteiger partial charge in [0, 0.05) is 18.6 Å². The highest BCUT2D eigenvalue weighted by Crippen LogP contribution is 2.30. The Morgan fingerprint density at radius 3 is 2.89 bits per heavy atom. The number of hydrogen-bond donors (Lipinski definition) is 1. The van der Waals surface area contributed by atoms with Crippen LogP contribution in [0.4, 0.5) is 4.39 Å². The standard InChI is InChI=1S/C14H20FNO2/c1-16-14(11-4-3-7-18-9-11)10-5-6-13(17-2)12(15)8-10/h5-6,8,11,14,16H,3-4,7,9H2,1-2H3. The second-order valence-corrected chi connectivity index (χ2v) is 4.64. The SMILES string of the molecule is CNC(c1ccc(OC)c(F)c1)C1CCCOC1. The molecule has 1 heterocycles. The monoisotopic (exact) mass is 253 g/mol. The summed E-state index contributed by atoms with van der Waals surface area (Å²) in [5.74, 6) is 0.372. The van der Waals surface area contributed by atoms with Crippen LogP contribution in [0.5, 0.6) is 5.75 Å². The zero-order valence-corrected chi connectivity index (χ0v) is 10.9. The Labute approximate surface area is 107 Å². The summed E-state index contributed by atoms with van der Waals surface area (Å²) >= 11 is 0. The fourth-order valence-corrected chi connectivity index (χ4v) is 2.58. The molecule has 0 saturated carbocycles. The minimum atomic E-state index is -0.313. The van der Waals surface area contributed by atoms with Crippen LogP contribution in [0.1, 0.15) is 24.4 Å². The molecular formula is C14H20FNO2. The first-order chi connectivity index (χ1) is 8.76. The van der Waals surface area contributed by atoms with Gasteiger partial charge in [0.1, 0.15) is 0 Å². The zero-order valence-electron chi connectivity index (χ0n) is 10.9. The second kappa shape index (κ2) is 6.16. The lowest BCUT2D eigenvalue weighted by atomic mass is 9.89. The van der Waals surface area contributed by atoms with E-state index in [1.165, 1.54) is 7.11 Å². The molecule has 3 nitrogen and oxygen atoms in total. The summed E-state index contributed by atoms with van der Waals surface area (Å²) in [6.07, 6.45) is 2.18. The molecule has 0 spiro atoms. The third-order valence-electron chi connectivity index (χ3n) is 3.51. The van der Waals surface area contributed by atoms with Crippen molar-refractivity contribution in [2.75, 3.05) is 27.4 Å². The van der Waals surface area contributed by atoms with Crippen LogP contribution in [-0.4, -0.2) is 27.4 Å². The van der Waals surface area contributed by atoms with Gasteiger partial charge in [-0.25, -0.2) is 4.39 Å². The molecule has 0 bridgehead atoms. The smallest absolute Gasteiger partial charge is 0.165 e. The molecule has 1 N–H and O–H groups in total. The van der Waals surface area contributed by atoms with Crippen molar-refractivity contribution >= 4 is 0 Å². The molecule has 1 aliphatic rings. The maximum atomic E-state index is 13.7. The van der Waals surface area contributed by atoms with Crippen LogP contribution >= 0.6 is 0 Å². The number of rotatable bonds is 4. The van der Waals surface area contributed by atoms with Crippen molar-refractivity contribution in [3.05, 3.63) is 29.6 Å². The lowest BCUT2D eigenvalue weighted by molar-refractivity contribution is 0.0401. The molecule has 2 unspecified atom stereocenters. The molecule has 1 aliphatic heterocycles. The van der Waals surface area contributed by atoms with Gasteiger partial charge in [-0.1, -0.05) is 6.07 Å². The third-order valence-corrected chi connectivity index (χ3v) is 3.51. The predicted molar refractivity (Wildman–Crippen MR) is 68.3 cm³/mol. The van der Waals surface area contributed by atoms with Crippen LogP contribution in [-0.2, 0) is 4.74 Å². The topological polar surface area (TPSA) is 30.5 Å². The van der Waals surface area contributed by atoms with E-state index in [0.717, 1.165) is 31.6 Å². The first kappa shape index (κ1) is 13.3. The summed E-state index contributed by atoms with van der Waals surface area (Å²) in [6.45, 7) is 1.57. The number of ether oxygens (including phenoxy) is 2. The lowest BCUT2D eigenvalue weighted by Gasteiger charge is -2.30. The second-order valence-electron chi connectivity index (χ2n) is 4.64. The van der Waals surface area contributed by atoms with Crippen LogP contribution < -0.4 is 10.1 Å². The maximum absolute atomic E-state index is 13.7. The van der Waals surface area contributed by atoms with Crippen LogP contribution in [0.15, 0.2) is 18.2 Å². The van der Waals surface area contributed by atoms with E-state index in [1.807, 2.05) is 13.1 Å². The fourth-order valence-electron chi connectivity index (χ4n) is 2.58. The Kier molecular flexibility index (Phi) is 4.55. The van der Waals surface area contributed by atoms with Crippen molar-refractivity contribution in [2.24, 2.45) is 5.92 Å². The van der Waals surface area contributed by atoms with Gasteiger partial charge in [-0.3, -0.25) is 0 Å². The molecule has 0 aliphatic carbocycles. The van der Waals surface area contributed by atoms with Gasteiger partial charge in [-0.15, -0.1) is 0 Å². The Hall–Kier alpha value is -1.13. The molecule has 2 atom stereocenters. The van der Waals surface area contributed by atoms with E-state index < -0.39 is 0 Å². The molecular weight excluding hydrogens is 233 g/mol. The summed E-state index contributed by atoms with van der Waals surface area (Å²) in [5.41, 5.74) is 0.950. The van der Waals surface area contributed by atoms with E-state index in [-0.39, 0.29) is 17.6 Å². The maximum Gasteiger partial charge on any atom is 0.165 e. The Bertz CT molecular complexity index is 391. The van der Waals surface area contributed by atoms with E-state index in [2.05, 4.69) is 5.32 Å². The summed E-state index contributed by atoms with van der Waals surface area (Å²) in [7, 11) is 3.38. The molecule has 1 aromatic carbocycles. The Balaban J connectivity index is 2.18. The van der Waals surface area contributed by atoms with Crippen LogP contribution in [0.25, 0.3) is 0 Å². The molecule has 0 amide bonds. The summed E-state index contributed by atoms with van der Waals surface area (Å²) in [6, 6.07) is 5.27. The van der Waals surface area contributed by atoms with Gasteiger partial charge in [0.05, 0.1) is 13.7 Å². The molecule has 18 heavy (non-hydrogen) atoms. The number of nitrogens with one attached hydrogen (secondary N) is 1. The number of halogens is 1. The fraction of sp³-hybridized carbons (Fsp3) is 0.571. The first-order valence-electron chi connectivity index (χ1n) is 6.34. The lowest BCUT2D eigenvalue weighted by Crippen LogP contribution is -2.31. The quantitative estimate of drug-likeness (QED) is 0.894. The Morgan fingerprint density at radius 1 is 1.50 bits per heavy atom. The van der Waals surface area contributed by atoms with Crippen molar-refractivity contribution in [3.63, 3.8) is 0 Å². The van der Waals surface area contributed by atoms with Crippen LogP contribution in [0.3, 0.4) is 0 Å². The number of benzene rings is 1. The van der Waals surface area contributed by atoms with Gasteiger partial charge in [0.2, 0.25) is 0 Å². The Morgan fingerprint density at radius 2 is 2.33 bits per heavy atom. The van der Waals surface area contributed by atoms with Crippen molar-refractivity contribution in [1.82, 2.24) is 5.32 Å². The van der Waals surface area contributed by atoms with Crippen LogP contribution in [0.2, 0.25) is 0 Å². The minimum absolute atomic E-state index is 0.130. The van der Waals surface area contributed by atoms with E-state index in [9.17, 15) is 4.39 Å². The van der Waals surface area contributed by atoms with Crippen molar-refractivity contribution in [3.8, 4) is 5.75 Å². The molecule has 0 aromatic heterocycles. The first-order valence-corrected chi connectivity index (χ1v) is 6.34. The average molecular weight is 253 g/mol. The van der Waals surface area contributed by atoms with E-state index in [1.54, 1.807) is 12.1 Å². The highest BCUT2D eigenvalue weighted by atomic mass is 19.1. The largest absolute Gasteiger partial charge is 0.494 e.